The molecule has 0 aliphatic carbocycles. The van der Waals surface area contributed by atoms with E-state index in [9.17, 15) is 13.2 Å². The Morgan fingerprint density at radius 2 is 1.89 bits per heavy atom. The van der Waals surface area contributed by atoms with Crippen molar-refractivity contribution in [3.63, 3.8) is 0 Å². The predicted molar refractivity (Wildman–Crippen MR) is 94.5 cm³/mol. The standard InChI is InChI=1S/C18H13F3N6/c1-22-9-14-17(25-26-24-14)12-6-7-27-10-15(23-16(27)8-12)11-2-4-13(5-3-11)18(19,20)21/h2-10H,1H3,(H,24,25,26)/b22-9-. The molecule has 4 rings (SSSR count). The fourth-order valence-electron chi connectivity index (χ4n) is 2.77. The van der Waals surface area contributed by atoms with E-state index < -0.39 is 11.7 Å². The largest absolute Gasteiger partial charge is 0.416 e. The fraction of sp³-hybridized carbons (Fsp3) is 0.111. The van der Waals surface area contributed by atoms with E-state index in [0.717, 1.165) is 17.7 Å². The molecule has 9 heteroatoms. The molecule has 0 amide bonds. The number of pyridine rings is 1. The minimum Gasteiger partial charge on any atom is -0.306 e. The minimum absolute atomic E-state index is 0.580. The van der Waals surface area contributed by atoms with Gasteiger partial charge in [-0.3, -0.25) is 10.1 Å². The molecule has 0 radical (unpaired) electrons. The van der Waals surface area contributed by atoms with Crippen molar-refractivity contribution in [1.29, 1.82) is 0 Å². The van der Waals surface area contributed by atoms with Gasteiger partial charge in [-0.2, -0.15) is 13.2 Å². The molecule has 1 N–H and O–H groups in total. The van der Waals surface area contributed by atoms with Crippen molar-refractivity contribution in [3.8, 4) is 22.5 Å². The number of rotatable bonds is 3. The van der Waals surface area contributed by atoms with Gasteiger partial charge in [0.15, 0.2) is 0 Å². The molecular formula is C18H13F3N6. The van der Waals surface area contributed by atoms with E-state index in [0.29, 0.717) is 28.3 Å². The lowest BCUT2D eigenvalue weighted by Gasteiger charge is -2.06. The molecule has 0 saturated carbocycles. The average Bonchev–Trinajstić information content (AvgIpc) is 3.27. The quantitative estimate of drug-likeness (QED) is 0.557. The van der Waals surface area contributed by atoms with Crippen LogP contribution in [0, 0.1) is 0 Å². The van der Waals surface area contributed by atoms with Crippen molar-refractivity contribution >= 4 is 11.9 Å². The number of alkyl halides is 3. The molecule has 0 spiro atoms. The second-order valence-electron chi connectivity index (χ2n) is 5.84. The molecule has 3 aromatic heterocycles. The van der Waals surface area contributed by atoms with Crippen LogP contribution in [0.2, 0.25) is 0 Å². The van der Waals surface area contributed by atoms with Crippen LogP contribution < -0.4 is 0 Å². The van der Waals surface area contributed by atoms with Crippen LogP contribution in [0.15, 0.2) is 53.8 Å². The molecule has 27 heavy (non-hydrogen) atoms. The Morgan fingerprint density at radius 1 is 1.11 bits per heavy atom. The number of nitrogens with one attached hydrogen (secondary N) is 1. The Hall–Kier alpha value is -3.49. The zero-order valence-corrected chi connectivity index (χ0v) is 14.1. The number of H-pyrrole nitrogens is 1. The first kappa shape index (κ1) is 17.0. The molecule has 4 aromatic rings. The Kier molecular flexibility index (Phi) is 3.98. The zero-order valence-electron chi connectivity index (χ0n) is 14.1. The summed E-state index contributed by atoms with van der Waals surface area (Å²) in [6.45, 7) is 0. The van der Waals surface area contributed by atoms with Crippen molar-refractivity contribution in [2.75, 3.05) is 7.05 Å². The normalized spacial score (nSPS) is 12.3. The van der Waals surface area contributed by atoms with Gasteiger partial charge in [-0.25, -0.2) is 4.98 Å². The van der Waals surface area contributed by atoms with Gasteiger partial charge < -0.3 is 4.40 Å². The van der Waals surface area contributed by atoms with Gasteiger partial charge in [0.1, 0.15) is 17.0 Å². The third-order valence-electron chi connectivity index (χ3n) is 4.08. The summed E-state index contributed by atoms with van der Waals surface area (Å²) < 4.78 is 39.9. The van der Waals surface area contributed by atoms with Gasteiger partial charge in [0.25, 0.3) is 0 Å². The van der Waals surface area contributed by atoms with Crippen LogP contribution in [-0.2, 0) is 6.18 Å². The second-order valence-corrected chi connectivity index (χ2v) is 5.84. The van der Waals surface area contributed by atoms with E-state index in [1.165, 1.54) is 12.1 Å². The van der Waals surface area contributed by atoms with Gasteiger partial charge in [0.05, 0.1) is 11.3 Å². The molecule has 0 fully saturated rings. The van der Waals surface area contributed by atoms with E-state index in [2.05, 4.69) is 25.4 Å². The number of hydrogen-bond donors (Lipinski definition) is 1. The highest BCUT2D eigenvalue weighted by molar-refractivity contribution is 5.86. The predicted octanol–water partition coefficient (Wildman–Crippen LogP) is 3.85. The van der Waals surface area contributed by atoms with Crippen LogP contribution in [0.1, 0.15) is 11.3 Å². The lowest BCUT2D eigenvalue weighted by Crippen LogP contribution is -2.03. The number of halogens is 3. The second kappa shape index (κ2) is 6.35. The minimum atomic E-state index is -4.36. The fourth-order valence-corrected chi connectivity index (χ4v) is 2.77. The maximum atomic E-state index is 12.7. The van der Waals surface area contributed by atoms with Crippen molar-refractivity contribution in [1.82, 2.24) is 24.8 Å². The Bertz CT molecular complexity index is 1120. The highest BCUT2D eigenvalue weighted by Crippen LogP contribution is 2.31. The highest BCUT2D eigenvalue weighted by Gasteiger charge is 2.30. The van der Waals surface area contributed by atoms with Gasteiger partial charge in [0, 0.05) is 36.8 Å². The summed E-state index contributed by atoms with van der Waals surface area (Å²) in [4.78, 5) is 8.47. The summed E-state index contributed by atoms with van der Waals surface area (Å²) in [6, 6.07) is 8.62. The first-order chi connectivity index (χ1) is 13.0. The SMILES string of the molecule is C/N=C\c1[nH]nnc1-c1ccn2cc(-c3ccc(C(F)(F)F)cc3)nc2c1. The van der Waals surface area contributed by atoms with Crippen LogP contribution >= 0.6 is 0 Å². The first-order valence-electron chi connectivity index (χ1n) is 7.95. The van der Waals surface area contributed by atoms with Crippen LogP contribution in [0.5, 0.6) is 0 Å². The van der Waals surface area contributed by atoms with Gasteiger partial charge in [0.2, 0.25) is 0 Å². The van der Waals surface area contributed by atoms with Gasteiger partial charge in [-0.1, -0.05) is 17.3 Å². The molecule has 6 nitrogen and oxygen atoms in total. The third kappa shape index (κ3) is 3.19. The molecular weight excluding hydrogens is 357 g/mol. The summed E-state index contributed by atoms with van der Waals surface area (Å²) in [5.41, 5.74) is 3.26. The lowest BCUT2D eigenvalue weighted by atomic mass is 10.1. The number of aromatic amines is 1. The van der Waals surface area contributed by atoms with Crippen molar-refractivity contribution in [2.45, 2.75) is 6.18 Å². The monoisotopic (exact) mass is 370 g/mol. The summed E-state index contributed by atoms with van der Waals surface area (Å²) in [5, 5.41) is 10.6. The van der Waals surface area contributed by atoms with Gasteiger partial charge >= 0.3 is 6.18 Å². The number of aromatic nitrogens is 5. The maximum Gasteiger partial charge on any atom is 0.416 e. The van der Waals surface area contributed by atoms with Crippen molar-refractivity contribution in [2.24, 2.45) is 4.99 Å². The van der Waals surface area contributed by atoms with Crippen molar-refractivity contribution < 1.29 is 13.2 Å². The van der Waals surface area contributed by atoms with E-state index in [1.807, 2.05) is 18.3 Å². The molecule has 136 valence electrons. The smallest absolute Gasteiger partial charge is 0.306 e. The Morgan fingerprint density at radius 3 is 2.59 bits per heavy atom. The molecule has 1 aromatic carbocycles. The number of aliphatic imine (C=N–C) groups is 1. The Labute approximate surface area is 151 Å². The summed E-state index contributed by atoms with van der Waals surface area (Å²) >= 11 is 0. The maximum absolute atomic E-state index is 12.7. The van der Waals surface area contributed by atoms with Gasteiger partial charge in [-0.05, 0) is 24.3 Å². The molecule has 0 bridgehead atoms. The average molecular weight is 370 g/mol. The number of imidazole rings is 1. The molecule has 0 unspecified atom stereocenters. The molecule has 0 aliphatic heterocycles. The summed E-state index contributed by atoms with van der Waals surface area (Å²) in [7, 11) is 1.65. The number of hydrogen-bond acceptors (Lipinski definition) is 4. The number of fused-ring (bicyclic) bond motifs is 1. The third-order valence-corrected chi connectivity index (χ3v) is 4.08. The van der Waals surface area contributed by atoms with E-state index >= 15 is 0 Å². The van der Waals surface area contributed by atoms with E-state index in [-0.39, 0.29) is 0 Å². The molecule has 0 atom stereocenters. The van der Waals surface area contributed by atoms with Crippen LogP contribution in [0.25, 0.3) is 28.2 Å². The Balaban J connectivity index is 1.72. The topological polar surface area (TPSA) is 71.2 Å². The summed E-state index contributed by atoms with van der Waals surface area (Å²) in [6.07, 6.45) is 0.841. The number of nitrogens with zero attached hydrogens (tertiary/aromatic N) is 5. The zero-order chi connectivity index (χ0) is 19.0. The van der Waals surface area contributed by atoms with Crippen LogP contribution in [0.4, 0.5) is 13.2 Å². The van der Waals surface area contributed by atoms with Crippen molar-refractivity contribution in [3.05, 3.63) is 60.0 Å². The van der Waals surface area contributed by atoms with Crippen LogP contribution in [-0.4, -0.2) is 38.1 Å². The molecule has 0 saturated heterocycles. The van der Waals surface area contributed by atoms with E-state index in [1.54, 1.807) is 23.9 Å². The van der Waals surface area contributed by atoms with Gasteiger partial charge in [-0.15, -0.1) is 5.10 Å². The molecule has 3 heterocycles. The van der Waals surface area contributed by atoms with Crippen LogP contribution in [0.3, 0.4) is 0 Å². The summed E-state index contributed by atoms with van der Waals surface area (Å²) in [5.74, 6) is 0. The lowest BCUT2D eigenvalue weighted by molar-refractivity contribution is -0.137. The number of benzene rings is 1. The first-order valence-corrected chi connectivity index (χ1v) is 7.95. The van der Waals surface area contributed by atoms with E-state index in [4.69, 9.17) is 0 Å². The highest BCUT2D eigenvalue weighted by atomic mass is 19.4. The molecule has 0 aliphatic rings.